The number of benzene rings is 1. The number of nitrogens with zero attached hydrogens (tertiary/aromatic N) is 1. The van der Waals surface area contributed by atoms with Gasteiger partial charge in [0.1, 0.15) is 5.69 Å². The second kappa shape index (κ2) is 3.48. The van der Waals surface area contributed by atoms with E-state index >= 15 is 0 Å². The highest BCUT2D eigenvalue weighted by atomic mass is 15.1. The molecule has 0 unspecified atom stereocenters. The molecule has 0 atom stereocenters. The molecule has 0 aliphatic heterocycles. The van der Waals surface area contributed by atoms with Crippen molar-refractivity contribution in [1.82, 2.24) is 15.2 Å². The van der Waals surface area contributed by atoms with Gasteiger partial charge in [-0.05, 0) is 37.8 Å². The van der Waals surface area contributed by atoms with Gasteiger partial charge in [-0.1, -0.05) is 18.2 Å². The van der Waals surface area contributed by atoms with Crippen LogP contribution < -0.4 is 0 Å². The van der Waals surface area contributed by atoms with Crippen molar-refractivity contribution < 1.29 is 0 Å². The van der Waals surface area contributed by atoms with Crippen molar-refractivity contribution >= 4 is 10.9 Å². The molecule has 3 aromatic rings. The van der Waals surface area contributed by atoms with E-state index < -0.39 is 0 Å². The van der Waals surface area contributed by atoms with E-state index in [9.17, 15) is 0 Å². The van der Waals surface area contributed by atoms with Gasteiger partial charge in [-0.2, -0.15) is 5.10 Å². The fraction of sp³-hybridized carbons (Fsp3) is 0.267. The van der Waals surface area contributed by atoms with E-state index in [0.717, 1.165) is 18.5 Å². The van der Waals surface area contributed by atoms with Crippen LogP contribution in [0.4, 0.5) is 0 Å². The fourth-order valence-corrected chi connectivity index (χ4v) is 3.07. The van der Waals surface area contributed by atoms with Crippen molar-refractivity contribution in [2.75, 3.05) is 0 Å². The van der Waals surface area contributed by atoms with Crippen molar-refractivity contribution in [3.8, 4) is 11.4 Å². The zero-order valence-corrected chi connectivity index (χ0v) is 10.4. The van der Waals surface area contributed by atoms with Gasteiger partial charge in [0.15, 0.2) is 0 Å². The quantitative estimate of drug-likeness (QED) is 0.618. The maximum Gasteiger partial charge on any atom is 0.112 e. The van der Waals surface area contributed by atoms with E-state index in [2.05, 4.69) is 46.4 Å². The minimum atomic E-state index is 1.12. The molecule has 1 aromatic carbocycles. The van der Waals surface area contributed by atoms with Gasteiger partial charge in [0.2, 0.25) is 0 Å². The molecule has 90 valence electrons. The predicted octanol–water partition coefficient (Wildman–Crippen LogP) is 3.36. The molecule has 0 radical (unpaired) electrons. The molecule has 0 fully saturated rings. The molecule has 2 N–H and O–H groups in total. The third-order valence-corrected chi connectivity index (χ3v) is 3.98. The van der Waals surface area contributed by atoms with Crippen LogP contribution in [0, 0.1) is 6.92 Å². The first kappa shape index (κ1) is 9.95. The Kier molecular flexibility index (Phi) is 1.92. The smallest absolute Gasteiger partial charge is 0.112 e. The molecule has 18 heavy (non-hydrogen) atoms. The molecule has 1 aliphatic rings. The summed E-state index contributed by atoms with van der Waals surface area (Å²) >= 11 is 0. The lowest BCUT2D eigenvalue weighted by Gasteiger charge is -1.97. The lowest BCUT2D eigenvalue weighted by molar-refractivity contribution is 0.832. The average Bonchev–Trinajstić information content (AvgIpc) is 2.87. The van der Waals surface area contributed by atoms with Gasteiger partial charge in [0.05, 0.1) is 5.69 Å². The standard InChI is InChI=1S/C15H15N3/c1-9-10-6-4-7-12-11-5-2-3-8-13(11)16-14(12)15(10)18-17-9/h2-3,5,8,16H,4,6-7H2,1H3,(H,17,18). The van der Waals surface area contributed by atoms with E-state index in [0.29, 0.717) is 0 Å². The molecule has 1 aliphatic carbocycles. The van der Waals surface area contributed by atoms with Crippen LogP contribution in [0.25, 0.3) is 22.3 Å². The highest BCUT2D eigenvalue weighted by Crippen LogP contribution is 2.36. The number of rotatable bonds is 0. The lowest BCUT2D eigenvalue weighted by atomic mass is 10.1. The normalized spacial score (nSPS) is 14.3. The fourth-order valence-electron chi connectivity index (χ4n) is 3.07. The van der Waals surface area contributed by atoms with E-state index in [1.54, 1.807) is 0 Å². The highest BCUT2D eigenvalue weighted by Gasteiger charge is 2.22. The molecule has 0 bridgehead atoms. The molecule has 2 heterocycles. The van der Waals surface area contributed by atoms with Gasteiger partial charge in [-0.3, -0.25) is 5.10 Å². The third kappa shape index (κ3) is 1.22. The SMILES string of the molecule is Cc1[nH]nc2c1CCCc1c-2[nH]c2ccccc12. The van der Waals surface area contributed by atoms with Gasteiger partial charge in [0.25, 0.3) is 0 Å². The average molecular weight is 237 g/mol. The number of nitrogens with one attached hydrogen (secondary N) is 2. The second-order valence-electron chi connectivity index (χ2n) is 5.05. The minimum absolute atomic E-state index is 1.12. The summed E-state index contributed by atoms with van der Waals surface area (Å²) in [7, 11) is 0. The zero-order chi connectivity index (χ0) is 12.1. The number of hydrogen-bond donors (Lipinski definition) is 2. The monoisotopic (exact) mass is 237 g/mol. The number of aryl methyl sites for hydroxylation is 2. The van der Waals surface area contributed by atoms with Gasteiger partial charge in [-0.15, -0.1) is 0 Å². The third-order valence-electron chi connectivity index (χ3n) is 3.98. The summed E-state index contributed by atoms with van der Waals surface area (Å²) in [4.78, 5) is 3.54. The Hall–Kier alpha value is -2.03. The molecule has 0 spiro atoms. The Morgan fingerprint density at radius 1 is 1.11 bits per heavy atom. The first-order chi connectivity index (χ1) is 8.84. The molecule has 4 rings (SSSR count). The van der Waals surface area contributed by atoms with Crippen molar-refractivity contribution in [3.05, 3.63) is 41.1 Å². The molecule has 0 saturated heterocycles. The lowest BCUT2D eigenvalue weighted by Crippen LogP contribution is -1.87. The molecule has 0 saturated carbocycles. The van der Waals surface area contributed by atoms with Crippen LogP contribution in [-0.2, 0) is 12.8 Å². The van der Waals surface area contributed by atoms with Gasteiger partial charge >= 0.3 is 0 Å². The Balaban J connectivity index is 2.09. The Bertz CT molecular complexity index is 733. The van der Waals surface area contributed by atoms with E-state index in [1.165, 1.54) is 39.8 Å². The van der Waals surface area contributed by atoms with E-state index in [-0.39, 0.29) is 0 Å². The second-order valence-corrected chi connectivity index (χ2v) is 5.05. The van der Waals surface area contributed by atoms with Gasteiger partial charge < -0.3 is 4.98 Å². The Morgan fingerprint density at radius 2 is 1.94 bits per heavy atom. The first-order valence-electron chi connectivity index (χ1n) is 6.48. The van der Waals surface area contributed by atoms with Crippen molar-refractivity contribution in [3.63, 3.8) is 0 Å². The summed E-state index contributed by atoms with van der Waals surface area (Å²) in [5.74, 6) is 0. The predicted molar refractivity (Wildman–Crippen MR) is 72.6 cm³/mol. The van der Waals surface area contributed by atoms with Crippen molar-refractivity contribution in [2.45, 2.75) is 26.2 Å². The molecule has 3 heteroatoms. The van der Waals surface area contributed by atoms with Gasteiger partial charge in [0, 0.05) is 22.2 Å². The number of H-pyrrole nitrogens is 2. The number of fused-ring (bicyclic) bond motifs is 5. The number of hydrogen-bond acceptors (Lipinski definition) is 1. The van der Waals surface area contributed by atoms with Crippen LogP contribution in [0.2, 0.25) is 0 Å². The Morgan fingerprint density at radius 3 is 2.89 bits per heavy atom. The van der Waals surface area contributed by atoms with Crippen LogP contribution >= 0.6 is 0 Å². The molecule has 2 aromatic heterocycles. The van der Waals surface area contributed by atoms with Crippen molar-refractivity contribution in [2.24, 2.45) is 0 Å². The molecule has 0 amide bonds. The van der Waals surface area contributed by atoms with E-state index in [4.69, 9.17) is 0 Å². The maximum absolute atomic E-state index is 4.50. The van der Waals surface area contributed by atoms with Crippen LogP contribution in [0.1, 0.15) is 23.2 Å². The van der Waals surface area contributed by atoms with Crippen LogP contribution in [0.3, 0.4) is 0 Å². The van der Waals surface area contributed by atoms with Gasteiger partial charge in [-0.25, -0.2) is 0 Å². The summed E-state index contributed by atoms with van der Waals surface area (Å²) in [6.45, 7) is 2.11. The van der Waals surface area contributed by atoms with Crippen molar-refractivity contribution in [1.29, 1.82) is 0 Å². The summed E-state index contributed by atoms with van der Waals surface area (Å²) in [6, 6.07) is 8.53. The zero-order valence-electron chi connectivity index (χ0n) is 10.4. The number of para-hydroxylation sites is 1. The summed E-state index contributed by atoms with van der Waals surface area (Å²) in [6.07, 6.45) is 3.45. The highest BCUT2D eigenvalue weighted by molar-refractivity contribution is 5.91. The summed E-state index contributed by atoms with van der Waals surface area (Å²) in [5.41, 5.74) is 7.56. The molecular weight excluding hydrogens is 222 g/mol. The Labute approximate surface area is 105 Å². The molecular formula is C15H15N3. The van der Waals surface area contributed by atoms with Crippen LogP contribution in [0.5, 0.6) is 0 Å². The van der Waals surface area contributed by atoms with Crippen LogP contribution in [-0.4, -0.2) is 15.2 Å². The number of aromatic nitrogens is 3. The minimum Gasteiger partial charge on any atom is -0.353 e. The topological polar surface area (TPSA) is 44.5 Å². The van der Waals surface area contributed by atoms with Crippen LogP contribution in [0.15, 0.2) is 24.3 Å². The summed E-state index contributed by atoms with van der Waals surface area (Å²) in [5, 5.41) is 8.97. The largest absolute Gasteiger partial charge is 0.353 e. The number of aromatic amines is 2. The first-order valence-corrected chi connectivity index (χ1v) is 6.48. The summed E-state index contributed by atoms with van der Waals surface area (Å²) < 4.78 is 0. The van der Waals surface area contributed by atoms with E-state index in [1.807, 2.05) is 0 Å². The maximum atomic E-state index is 4.50. The molecule has 3 nitrogen and oxygen atoms in total.